The summed E-state index contributed by atoms with van der Waals surface area (Å²) in [6, 6.07) is 0. The van der Waals surface area contributed by atoms with E-state index in [1.165, 1.54) is 57.8 Å². The van der Waals surface area contributed by atoms with E-state index in [4.69, 9.17) is 18.9 Å². The van der Waals surface area contributed by atoms with Crippen molar-refractivity contribution < 1.29 is 18.9 Å². The van der Waals surface area contributed by atoms with E-state index in [0.29, 0.717) is 12.2 Å². The van der Waals surface area contributed by atoms with E-state index in [-0.39, 0.29) is 0 Å². The van der Waals surface area contributed by atoms with Crippen molar-refractivity contribution in [2.45, 2.75) is 70.0 Å². The summed E-state index contributed by atoms with van der Waals surface area (Å²) in [6.07, 6.45) is 12.7. The molecule has 0 bridgehead atoms. The monoisotopic (exact) mass is 300 g/mol. The molecule has 0 saturated carbocycles. The molecule has 0 N–H and O–H groups in total. The van der Waals surface area contributed by atoms with Gasteiger partial charge in [-0.25, -0.2) is 0 Å². The van der Waals surface area contributed by atoms with Crippen molar-refractivity contribution in [2.75, 3.05) is 39.6 Å². The van der Waals surface area contributed by atoms with Crippen LogP contribution in [0.4, 0.5) is 0 Å². The van der Waals surface area contributed by atoms with Crippen molar-refractivity contribution in [1.82, 2.24) is 0 Å². The predicted octanol–water partition coefficient (Wildman–Crippen LogP) is 3.33. The van der Waals surface area contributed by atoms with Gasteiger partial charge in [-0.1, -0.05) is 44.9 Å². The second-order valence-electron chi connectivity index (χ2n) is 6.24. The van der Waals surface area contributed by atoms with Crippen molar-refractivity contribution >= 4 is 0 Å². The average molecular weight is 300 g/mol. The quantitative estimate of drug-likeness (QED) is 0.324. The molecule has 124 valence electrons. The molecule has 21 heavy (non-hydrogen) atoms. The van der Waals surface area contributed by atoms with Crippen LogP contribution in [-0.2, 0) is 18.9 Å². The molecule has 0 radical (unpaired) electrons. The highest BCUT2D eigenvalue weighted by molar-refractivity contribution is 4.67. The molecule has 0 aromatic carbocycles. The second kappa shape index (κ2) is 11.4. The van der Waals surface area contributed by atoms with Gasteiger partial charge in [0.2, 0.25) is 0 Å². The molecule has 2 aliphatic heterocycles. The van der Waals surface area contributed by atoms with E-state index >= 15 is 0 Å². The maximum Gasteiger partial charge on any atom is 0.104 e. The lowest BCUT2D eigenvalue weighted by atomic mass is 10.1. The first kappa shape index (κ1) is 17.2. The Morgan fingerprint density at radius 2 is 0.905 bits per heavy atom. The van der Waals surface area contributed by atoms with Crippen molar-refractivity contribution in [3.05, 3.63) is 0 Å². The maximum atomic E-state index is 5.52. The summed E-state index contributed by atoms with van der Waals surface area (Å²) in [4.78, 5) is 0. The van der Waals surface area contributed by atoms with Gasteiger partial charge in [0, 0.05) is 13.2 Å². The Kier molecular flexibility index (Phi) is 9.35. The van der Waals surface area contributed by atoms with E-state index in [0.717, 1.165) is 39.6 Å². The Morgan fingerprint density at radius 1 is 0.571 bits per heavy atom. The van der Waals surface area contributed by atoms with Gasteiger partial charge in [0.15, 0.2) is 0 Å². The van der Waals surface area contributed by atoms with Crippen molar-refractivity contribution in [3.8, 4) is 0 Å². The SMILES string of the molecule is C(CCCCCOCC1CO1)CCCCCOC[C@@H]1CO1. The zero-order valence-corrected chi connectivity index (χ0v) is 13.4. The smallest absolute Gasteiger partial charge is 0.104 e. The molecule has 2 aliphatic rings. The van der Waals surface area contributed by atoms with E-state index < -0.39 is 0 Å². The summed E-state index contributed by atoms with van der Waals surface area (Å²) in [6.45, 7) is 5.23. The third-order valence-electron chi connectivity index (χ3n) is 3.99. The van der Waals surface area contributed by atoms with E-state index in [1.54, 1.807) is 0 Å². The summed E-state index contributed by atoms with van der Waals surface area (Å²) >= 11 is 0. The highest BCUT2D eigenvalue weighted by atomic mass is 16.6. The van der Waals surface area contributed by atoms with Crippen molar-refractivity contribution in [3.63, 3.8) is 0 Å². The third kappa shape index (κ3) is 11.1. The normalized spacial score (nSPS) is 23.4. The van der Waals surface area contributed by atoms with Crippen LogP contribution < -0.4 is 0 Å². The summed E-state index contributed by atoms with van der Waals surface area (Å²) < 4.78 is 21.2. The molecule has 0 aromatic heterocycles. The van der Waals surface area contributed by atoms with Gasteiger partial charge < -0.3 is 18.9 Å². The van der Waals surface area contributed by atoms with Crippen LogP contribution in [0.1, 0.15) is 57.8 Å². The zero-order valence-electron chi connectivity index (χ0n) is 13.4. The van der Waals surface area contributed by atoms with Gasteiger partial charge in [0.1, 0.15) is 12.2 Å². The molecule has 4 heteroatoms. The summed E-state index contributed by atoms with van der Waals surface area (Å²) in [7, 11) is 0. The zero-order chi connectivity index (χ0) is 14.6. The van der Waals surface area contributed by atoms with Gasteiger partial charge >= 0.3 is 0 Å². The lowest BCUT2D eigenvalue weighted by Gasteiger charge is -2.04. The molecule has 0 amide bonds. The Bertz CT molecular complexity index is 215. The molecule has 2 saturated heterocycles. The molecule has 0 spiro atoms. The number of ether oxygens (including phenoxy) is 4. The van der Waals surface area contributed by atoms with Gasteiger partial charge in [-0.2, -0.15) is 0 Å². The summed E-state index contributed by atoms with van der Waals surface area (Å²) in [5.41, 5.74) is 0. The van der Waals surface area contributed by atoms with Crippen LogP contribution in [0, 0.1) is 0 Å². The lowest BCUT2D eigenvalue weighted by Crippen LogP contribution is -2.02. The first-order chi connectivity index (χ1) is 10.4. The highest BCUT2D eigenvalue weighted by Gasteiger charge is 2.22. The second-order valence-corrected chi connectivity index (χ2v) is 6.24. The minimum atomic E-state index is 0.414. The van der Waals surface area contributed by atoms with Gasteiger partial charge in [0.05, 0.1) is 26.4 Å². The van der Waals surface area contributed by atoms with Crippen LogP contribution in [0.15, 0.2) is 0 Å². The molecule has 2 heterocycles. The minimum Gasteiger partial charge on any atom is -0.379 e. The molecule has 0 aromatic rings. The van der Waals surface area contributed by atoms with Crippen molar-refractivity contribution in [1.29, 1.82) is 0 Å². The number of unbranched alkanes of at least 4 members (excludes halogenated alkanes) is 8. The number of hydrogen-bond donors (Lipinski definition) is 0. The van der Waals surface area contributed by atoms with Crippen LogP contribution in [-0.4, -0.2) is 51.8 Å². The van der Waals surface area contributed by atoms with Crippen LogP contribution >= 0.6 is 0 Å². The first-order valence-corrected chi connectivity index (χ1v) is 8.84. The largest absolute Gasteiger partial charge is 0.379 e. The fourth-order valence-corrected chi connectivity index (χ4v) is 2.40. The summed E-state index contributed by atoms with van der Waals surface area (Å²) in [5.74, 6) is 0. The Labute approximate surface area is 129 Å². The summed E-state index contributed by atoms with van der Waals surface area (Å²) in [5, 5.41) is 0. The standard InChI is InChI=1S/C17H32O4/c1(2-4-6-8-10-18-12-16-14-20-16)3-5-7-9-11-19-13-17-15-21-17/h16-17H,1-15H2/t16-,17?/m1/s1. The maximum absolute atomic E-state index is 5.52. The molecule has 2 rings (SSSR count). The van der Waals surface area contributed by atoms with Gasteiger partial charge in [-0.15, -0.1) is 0 Å². The van der Waals surface area contributed by atoms with Crippen LogP contribution in [0.5, 0.6) is 0 Å². The Balaban J connectivity index is 1.16. The van der Waals surface area contributed by atoms with Gasteiger partial charge in [-0.3, -0.25) is 0 Å². The van der Waals surface area contributed by atoms with Crippen molar-refractivity contribution in [2.24, 2.45) is 0 Å². The number of hydrogen-bond acceptors (Lipinski definition) is 4. The van der Waals surface area contributed by atoms with Gasteiger partial charge in [0.25, 0.3) is 0 Å². The molecule has 2 atom stereocenters. The van der Waals surface area contributed by atoms with Crippen LogP contribution in [0.2, 0.25) is 0 Å². The molecule has 0 aliphatic carbocycles. The van der Waals surface area contributed by atoms with E-state index in [1.807, 2.05) is 0 Å². The number of epoxide rings is 2. The Morgan fingerprint density at radius 3 is 1.24 bits per heavy atom. The first-order valence-electron chi connectivity index (χ1n) is 8.84. The van der Waals surface area contributed by atoms with E-state index in [9.17, 15) is 0 Å². The lowest BCUT2D eigenvalue weighted by molar-refractivity contribution is 0.112. The molecular weight excluding hydrogens is 268 g/mol. The van der Waals surface area contributed by atoms with Crippen LogP contribution in [0.3, 0.4) is 0 Å². The Hall–Kier alpha value is -0.160. The molecular formula is C17H32O4. The fourth-order valence-electron chi connectivity index (χ4n) is 2.40. The average Bonchev–Trinajstić information content (AvgIpc) is 3.37. The van der Waals surface area contributed by atoms with E-state index in [2.05, 4.69) is 0 Å². The topological polar surface area (TPSA) is 43.5 Å². The minimum absolute atomic E-state index is 0.414. The van der Waals surface area contributed by atoms with Crippen LogP contribution in [0.25, 0.3) is 0 Å². The highest BCUT2D eigenvalue weighted by Crippen LogP contribution is 2.12. The fraction of sp³-hybridized carbons (Fsp3) is 1.00. The molecule has 1 unspecified atom stereocenters. The molecule has 2 fully saturated rings. The number of rotatable bonds is 16. The molecule has 4 nitrogen and oxygen atoms in total. The third-order valence-corrected chi connectivity index (χ3v) is 3.99. The predicted molar refractivity (Wildman–Crippen MR) is 82.7 cm³/mol. The van der Waals surface area contributed by atoms with Gasteiger partial charge in [-0.05, 0) is 12.8 Å².